The molecule has 8 nitrogen and oxygen atoms in total. The van der Waals surface area contributed by atoms with E-state index in [0.29, 0.717) is 5.92 Å². The molecule has 0 atom stereocenters. The van der Waals surface area contributed by atoms with Crippen LogP contribution in [0.4, 0.5) is 11.4 Å². The van der Waals surface area contributed by atoms with Gasteiger partial charge in [0.2, 0.25) is 0 Å². The molecule has 0 heterocycles. The van der Waals surface area contributed by atoms with Gasteiger partial charge in [0.05, 0.1) is 21.5 Å². The van der Waals surface area contributed by atoms with Gasteiger partial charge in [-0.05, 0) is 37.0 Å². The predicted octanol–water partition coefficient (Wildman–Crippen LogP) is 4.23. The SMILES string of the molecule is CCC(C)(C)C1CCC(NC(=O)c2cc([N+](=O)[O-])cc([N+](=O)[O-])c2)CC1. The number of nitrogens with zero attached hydrogens (tertiary/aromatic N) is 2. The average Bonchev–Trinajstić information content (AvgIpc) is 2.61. The lowest BCUT2D eigenvalue weighted by Crippen LogP contribution is -2.39. The Kier molecular flexibility index (Phi) is 5.94. The van der Waals surface area contributed by atoms with Crippen molar-refractivity contribution < 1.29 is 14.6 Å². The summed E-state index contributed by atoms with van der Waals surface area (Å²) in [6.07, 6.45) is 4.82. The number of nitrogens with one attached hydrogen (secondary N) is 1. The van der Waals surface area contributed by atoms with Crippen LogP contribution < -0.4 is 5.32 Å². The number of hydrogen-bond acceptors (Lipinski definition) is 5. The minimum Gasteiger partial charge on any atom is -0.349 e. The summed E-state index contributed by atoms with van der Waals surface area (Å²) in [6, 6.07) is 3.00. The van der Waals surface area contributed by atoms with Gasteiger partial charge in [-0.1, -0.05) is 27.2 Å². The molecule has 1 aliphatic carbocycles. The zero-order valence-electron chi connectivity index (χ0n) is 15.4. The van der Waals surface area contributed by atoms with Crippen molar-refractivity contribution in [1.29, 1.82) is 0 Å². The van der Waals surface area contributed by atoms with Crippen LogP contribution >= 0.6 is 0 Å². The minimum atomic E-state index is -0.734. The normalized spacial score (nSPS) is 20.4. The first-order valence-electron chi connectivity index (χ1n) is 8.88. The molecule has 1 aliphatic rings. The van der Waals surface area contributed by atoms with Crippen LogP contribution in [0, 0.1) is 31.6 Å². The van der Waals surface area contributed by atoms with E-state index in [-0.39, 0.29) is 17.0 Å². The van der Waals surface area contributed by atoms with Crippen LogP contribution in [0.25, 0.3) is 0 Å². The highest BCUT2D eigenvalue weighted by Gasteiger charge is 2.32. The Morgan fingerprint density at radius 3 is 2.00 bits per heavy atom. The highest BCUT2D eigenvalue weighted by molar-refractivity contribution is 5.95. The Morgan fingerprint density at radius 1 is 1.08 bits per heavy atom. The van der Waals surface area contributed by atoms with Gasteiger partial charge in [0.25, 0.3) is 17.3 Å². The van der Waals surface area contributed by atoms with E-state index in [4.69, 9.17) is 0 Å². The lowest BCUT2D eigenvalue weighted by atomic mass is 9.69. The molecule has 1 saturated carbocycles. The van der Waals surface area contributed by atoms with Crippen LogP contribution in [-0.2, 0) is 0 Å². The molecular weight excluding hydrogens is 338 g/mol. The lowest BCUT2D eigenvalue weighted by molar-refractivity contribution is -0.394. The molecule has 0 unspecified atom stereocenters. The first kappa shape index (κ1) is 19.8. The van der Waals surface area contributed by atoms with Crippen LogP contribution in [0.1, 0.15) is 63.2 Å². The fraction of sp³-hybridized carbons (Fsp3) is 0.611. The average molecular weight is 363 g/mol. The summed E-state index contributed by atoms with van der Waals surface area (Å²) in [5, 5.41) is 24.8. The van der Waals surface area contributed by atoms with Crippen LogP contribution in [0.15, 0.2) is 18.2 Å². The van der Waals surface area contributed by atoms with Crippen LogP contribution in [-0.4, -0.2) is 21.8 Å². The minimum absolute atomic E-state index is 0.00951. The molecule has 142 valence electrons. The van der Waals surface area contributed by atoms with E-state index in [2.05, 4.69) is 26.1 Å². The van der Waals surface area contributed by atoms with Crippen molar-refractivity contribution >= 4 is 17.3 Å². The second-order valence-electron chi connectivity index (χ2n) is 7.62. The Labute approximate surface area is 152 Å². The molecule has 0 aliphatic heterocycles. The smallest absolute Gasteiger partial charge is 0.277 e. The molecule has 0 spiro atoms. The number of amides is 1. The van der Waals surface area contributed by atoms with Gasteiger partial charge in [-0.25, -0.2) is 0 Å². The van der Waals surface area contributed by atoms with E-state index in [1.807, 2.05) is 0 Å². The van der Waals surface area contributed by atoms with Crippen molar-refractivity contribution in [3.63, 3.8) is 0 Å². The van der Waals surface area contributed by atoms with Crippen LogP contribution in [0.2, 0.25) is 0 Å². The van der Waals surface area contributed by atoms with Gasteiger partial charge in [0.15, 0.2) is 0 Å². The van der Waals surface area contributed by atoms with Gasteiger partial charge < -0.3 is 5.32 Å². The summed E-state index contributed by atoms with van der Waals surface area (Å²) >= 11 is 0. The summed E-state index contributed by atoms with van der Waals surface area (Å²) in [4.78, 5) is 32.9. The Bertz CT molecular complexity index is 677. The molecule has 1 fully saturated rings. The standard InChI is InChI=1S/C18H25N3O5/c1-4-18(2,3)13-5-7-14(8-6-13)19-17(22)12-9-15(20(23)24)11-16(10-12)21(25)26/h9-11,13-14H,4-8H2,1-3H3,(H,19,22). The molecule has 0 aromatic heterocycles. The molecular formula is C18H25N3O5. The number of rotatable bonds is 6. The third-order valence-electron chi connectivity index (χ3n) is 5.67. The maximum atomic E-state index is 12.4. The first-order valence-corrected chi connectivity index (χ1v) is 8.88. The second-order valence-corrected chi connectivity index (χ2v) is 7.62. The van der Waals surface area contributed by atoms with E-state index in [1.54, 1.807) is 0 Å². The second kappa shape index (κ2) is 7.80. The highest BCUT2D eigenvalue weighted by atomic mass is 16.6. The number of carbonyl (C=O) groups excluding carboxylic acids is 1. The van der Waals surface area contributed by atoms with Gasteiger partial charge in [-0.3, -0.25) is 25.0 Å². The maximum absolute atomic E-state index is 12.4. The number of carbonyl (C=O) groups is 1. The predicted molar refractivity (Wildman–Crippen MR) is 97.0 cm³/mol. The highest BCUT2D eigenvalue weighted by Crippen LogP contribution is 2.40. The molecule has 0 bridgehead atoms. The molecule has 2 rings (SSSR count). The molecule has 1 amide bonds. The fourth-order valence-corrected chi connectivity index (χ4v) is 3.51. The van der Waals surface area contributed by atoms with E-state index in [1.165, 1.54) is 0 Å². The molecule has 1 aromatic carbocycles. The molecule has 26 heavy (non-hydrogen) atoms. The molecule has 1 N–H and O–H groups in total. The van der Waals surface area contributed by atoms with Gasteiger partial charge in [0, 0.05) is 18.2 Å². The summed E-state index contributed by atoms with van der Waals surface area (Å²) in [5.74, 6) is 0.106. The topological polar surface area (TPSA) is 115 Å². The third-order valence-corrected chi connectivity index (χ3v) is 5.67. The summed E-state index contributed by atoms with van der Waals surface area (Å²) in [7, 11) is 0. The molecule has 1 aromatic rings. The Balaban J connectivity index is 2.07. The third kappa shape index (κ3) is 4.56. The molecule has 0 saturated heterocycles. The monoisotopic (exact) mass is 363 g/mol. The number of benzene rings is 1. The maximum Gasteiger partial charge on any atom is 0.277 e. The van der Waals surface area contributed by atoms with Crippen molar-refractivity contribution in [2.75, 3.05) is 0 Å². The number of nitro benzene ring substituents is 2. The van der Waals surface area contributed by atoms with Crippen molar-refractivity contribution in [2.24, 2.45) is 11.3 Å². The van der Waals surface area contributed by atoms with Crippen molar-refractivity contribution in [3.05, 3.63) is 44.0 Å². The largest absolute Gasteiger partial charge is 0.349 e. The van der Waals surface area contributed by atoms with E-state index in [0.717, 1.165) is 50.3 Å². The van der Waals surface area contributed by atoms with Gasteiger partial charge >= 0.3 is 0 Å². The van der Waals surface area contributed by atoms with E-state index in [9.17, 15) is 25.0 Å². The number of nitro groups is 2. The Hall–Kier alpha value is -2.51. The fourth-order valence-electron chi connectivity index (χ4n) is 3.51. The van der Waals surface area contributed by atoms with Crippen LogP contribution in [0.3, 0.4) is 0 Å². The summed E-state index contributed by atoms with van der Waals surface area (Å²) in [5.41, 5.74) is -0.701. The van der Waals surface area contributed by atoms with Crippen molar-refractivity contribution in [3.8, 4) is 0 Å². The first-order chi connectivity index (χ1) is 12.1. The quantitative estimate of drug-likeness (QED) is 0.600. The van der Waals surface area contributed by atoms with Crippen molar-refractivity contribution in [2.45, 2.75) is 58.9 Å². The van der Waals surface area contributed by atoms with Gasteiger partial charge in [-0.15, -0.1) is 0 Å². The van der Waals surface area contributed by atoms with Crippen LogP contribution in [0.5, 0.6) is 0 Å². The molecule has 8 heteroatoms. The van der Waals surface area contributed by atoms with Gasteiger partial charge in [0.1, 0.15) is 0 Å². The summed E-state index contributed by atoms with van der Waals surface area (Å²) in [6.45, 7) is 6.71. The Morgan fingerprint density at radius 2 is 1.58 bits per heavy atom. The number of hydrogen-bond donors (Lipinski definition) is 1. The van der Waals surface area contributed by atoms with Crippen molar-refractivity contribution in [1.82, 2.24) is 5.32 Å². The zero-order chi connectivity index (χ0) is 19.5. The van der Waals surface area contributed by atoms with E-state index >= 15 is 0 Å². The lowest BCUT2D eigenvalue weighted by Gasteiger charge is -2.39. The van der Waals surface area contributed by atoms with Gasteiger partial charge in [-0.2, -0.15) is 0 Å². The zero-order valence-corrected chi connectivity index (χ0v) is 15.4. The number of non-ortho nitro benzene ring substituents is 2. The summed E-state index contributed by atoms with van der Waals surface area (Å²) < 4.78 is 0. The van der Waals surface area contributed by atoms with E-state index < -0.39 is 27.1 Å². The molecule has 0 radical (unpaired) electrons.